The van der Waals surface area contributed by atoms with Crippen LogP contribution in [0, 0.1) is 6.92 Å². The molecule has 78 valence electrons. The zero-order chi connectivity index (χ0) is 10.6. The van der Waals surface area contributed by atoms with Gasteiger partial charge < -0.3 is 16.2 Å². The van der Waals surface area contributed by atoms with E-state index in [9.17, 15) is 0 Å². The number of nitrogen functional groups attached to an aromatic ring is 2. The Bertz CT molecular complexity index is 287. The molecule has 0 spiro atoms. The van der Waals surface area contributed by atoms with Gasteiger partial charge in [-0.25, -0.2) is 0 Å². The minimum atomic E-state index is 0.624. The first-order valence-corrected chi connectivity index (χ1v) is 4.93. The fourth-order valence-electron chi connectivity index (χ4n) is 1.35. The molecule has 0 saturated carbocycles. The molecule has 0 aromatic heterocycles. The Balaban J connectivity index is 2.75. The van der Waals surface area contributed by atoms with E-state index < -0.39 is 0 Å². The number of ether oxygens (including phenoxy) is 1. The molecule has 0 radical (unpaired) electrons. The van der Waals surface area contributed by atoms with Crippen molar-refractivity contribution >= 4 is 11.4 Å². The van der Waals surface area contributed by atoms with Crippen molar-refractivity contribution < 1.29 is 4.74 Å². The van der Waals surface area contributed by atoms with E-state index in [-0.39, 0.29) is 0 Å². The normalized spacial score (nSPS) is 10.1. The number of hydrogen-bond donors (Lipinski definition) is 2. The molecule has 3 nitrogen and oxygen atoms in total. The van der Waals surface area contributed by atoms with Crippen LogP contribution in [0.3, 0.4) is 0 Å². The number of aryl methyl sites for hydroxylation is 1. The molecule has 1 aromatic carbocycles. The summed E-state index contributed by atoms with van der Waals surface area (Å²) in [5.74, 6) is 0.771. The lowest BCUT2D eigenvalue weighted by Crippen LogP contribution is -2.02. The Morgan fingerprint density at radius 2 is 2.00 bits per heavy atom. The van der Waals surface area contributed by atoms with E-state index in [0.717, 1.165) is 24.2 Å². The molecule has 0 aliphatic heterocycles. The second-order valence-electron chi connectivity index (χ2n) is 3.46. The van der Waals surface area contributed by atoms with Gasteiger partial charge in [0.05, 0.1) is 12.3 Å². The maximum absolute atomic E-state index is 5.80. The number of anilines is 2. The summed E-state index contributed by atoms with van der Waals surface area (Å²) in [6.45, 7) is 4.79. The summed E-state index contributed by atoms with van der Waals surface area (Å²) in [6.07, 6.45) is 2.16. The van der Waals surface area contributed by atoms with Crippen LogP contribution in [0.1, 0.15) is 25.3 Å². The molecule has 1 aromatic rings. The zero-order valence-corrected chi connectivity index (χ0v) is 8.84. The summed E-state index contributed by atoms with van der Waals surface area (Å²) >= 11 is 0. The van der Waals surface area contributed by atoms with Crippen molar-refractivity contribution in [2.24, 2.45) is 0 Å². The summed E-state index contributed by atoms with van der Waals surface area (Å²) in [7, 11) is 0. The van der Waals surface area contributed by atoms with Gasteiger partial charge in [0.25, 0.3) is 0 Å². The summed E-state index contributed by atoms with van der Waals surface area (Å²) < 4.78 is 5.58. The first kappa shape index (κ1) is 10.7. The van der Waals surface area contributed by atoms with Gasteiger partial charge in [0.15, 0.2) is 0 Å². The van der Waals surface area contributed by atoms with Crippen molar-refractivity contribution in [3.8, 4) is 5.75 Å². The third kappa shape index (κ3) is 2.55. The monoisotopic (exact) mass is 194 g/mol. The predicted octanol–water partition coefficient (Wildman–Crippen LogP) is 2.34. The average molecular weight is 194 g/mol. The number of rotatable bonds is 4. The molecular weight excluding hydrogens is 176 g/mol. The molecule has 0 atom stereocenters. The van der Waals surface area contributed by atoms with Gasteiger partial charge in [-0.2, -0.15) is 0 Å². The van der Waals surface area contributed by atoms with E-state index in [0.29, 0.717) is 18.0 Å². The Labute approximate surface area is 85.0 Å². The third-order valence-electron chi connectivity index (χ3n) is 2.07. The molecule has 0 bridgehead atoms. The first-order valence-electron chi connectivity index (χ1n) is 4.93. The molecule has 0 aliphatic carbocycles. The molecule has 0 amide bonds. The summed E-state index contributed by atoms with van der Waals surface area (Å²) in [4.78, 5) is 0. The van der Waals surface area contributed by atoms with Crippen LogP contribution >= 0.6 is 0 Å². The zero-order valence-electron chi connectivity index (χ0n) is 8.84. The van der Waals surface area contributed by atoms with E-state index in [1.54, 1.807) is 6.07 Å². The van der Waals surface area contributed by atoms with E-state index in [1.807, 2.05) is 13.0 Å². The maximum atomic E-state index is 5.80. The van der Waals surface area contributed by atoms with Gasteiger partial charge in [0.2, 0.25) is 0 Å². The van der Waals surface area contributed by atoms with Gasteiger partial charge in [-0.05, 0) is 31.0 Å². The standard InChI is InChI=1S/C11H18N2O/c1-3-4-5-14-11-8(2)6-9(12)7-10(11)13/h6-7H,3-5,12-13H2,1-2H3. The third-order valence-corrected chi connectivity index (χ3v) is 2.07. The molecule has 14 heavy (non-hydrogen) atoms. The molecule has 3 heteroatoms. The second-order valence-corrected chi connectivity index (χ2v) is 3.46. The molecule has 0 heterocycles. The SMILES string of the molecule is CCCCOc1c(C)cc(N)cc1N. The summed E-state index contributed by atoms with van der Waals surface area (Å²) in [5, 5.41) is 0. The Kier molecular flexibility index (Phi) is 3.63. The highest BCUT2D eigenvalue weighted by molar-refractivity contribution is 5.64. The van der Waals surface area contributed by atoms with E-state index in [4.69, 9.17) is 16.2 Å². The Morgan fingerprint density at radius 3 is 2.57 bits per heavy atom. The highest BCUT2D eigenvalue weighted by Gasteiger charge is 2.05. The smallest absolute Gasteiger partial charge is 0.145 e. The molecule has 0 saturated heterocycles. The van der Waals surface area contributed by atoms with Crippen molar-refractivity contribution in [1.82, 2.24) is 0 Å². The highest BCUT2D eigenvalue weighted by Crippen LogP contribution is 2.28. The lowest BCUT2D eigenvalue weighted by atomic mass is 10.1. The van der Waals surface area contributed by atoms with Crippen molar-refractivity contribution in [2.75, 3.05) is 18.1 Å². The van der Waals surface area contributed by atoms with Crippen LogP contribution < -0.4 is 16.2 Å². The van der Waals surface area contributed by atoms with E-state index >= 15 is 0 Å². The lowest BCUT2D eigenvalue weighted by molar-refractivity contribution is 0.309. The van der Waals surface area contributed by atoms with Gasteiger partial charge in [-0.3, -0.25) is 0 Å². The maximum Gasteiger partial charge on any atom is 0.145 e. The molecule has 0 unspecified atom stereocenters. The van der Waals surface area contributed by atoms with Crippen LogP contribution in [0.2, 0.25) is 0 Å². The minimum Gasteiger partial charge on any atom is -0.491 e. The largest absolute Gasteiger partial charge is 0.491 e. The first-order chi connectivity index (χ1) is 6.65. The van der Waals surface area contributed by atoms with Gasteiger partial charge in [-0.15, -0.1) is 0 Å². The number of hydrogen-bond acceptors (Lipinski definition) is 3. The van der Waals surface area contributed by atoms with E-state index in [2.05, 4.69) is 6.92 Å². The van der Waals surface area contributed by atoms with Crippen LogP contribution in [0.5, 0.6) is 5.75 Å². The van der Waals surface area contributed by atoms with Crippen molar-refractivity contribution in [3.05, 3.63) is 17.7 Å². The quantitative estimate of drug-likeness (QED) is 0.571. The average Bonchev–Trinajstić information content (AvgIpc) is 2.09. The highest BCUT2D eigenvalue weighted by atomic mass is 16.5. The number of unbranched alkanes of at least 4 members (excludes halogenated alkanes) is 1. The Morgan fingerprint density at radius 1 is 1.29 bits per heavy atom. The van der Waals surface area contributed by atoms with Crippen LogP contribution in [0.15, 0.2) is 12.1 Å². The van der Waals surface area contributed by atoms with Gasteiger partial charge >= 0.3 is 0 Å². The summed E-state index contributed by atoms with van der Waals surface area (Å²) in [5.41, 5.74) is 13.8. The van der Waals surface area contributed by atoms with Crippen molar-refractivity contribution in [1.29, 1.82) is 0 Å². The van der Waals surface area contributed by atoms with Crippen LogP contribution in [-0.4, -0.2) is 6.61 Å². The van der Waals surface area contributed by atoms with Gasteiger partial charge in [0, 0.05) is 5.69 Å². The van der Waals surface area contributed by atoms with Crippen LogP contribution in [0.25, 0.3) is 0 Å². The molecule has 0 fully saturated rings. The van der Waals surface area contributed by atoms with Gasteiger partial charge in [0.1, 0.15) is 5.75 Å². The molecule has 4 N–H and O–H groups in total. The molecule has 1 rings (SSSR count). The Hall–Kier alpha value is -1.38. The van der Waals surface area contributed by atoms with Crippen LogP contribution in [0.4, 0.5) is 11.4 Å². The number of benzene rings is 1. The molecule has 0 aliphatic rings. The van der Waals surface area contributed by atoms with Crippen molar-refractivity contribution in [3.63, 3.8) is 0 Å². The predicted molar refractivity (Wildman–Crippen MR) is 60.4 cm³/mol. The van der Waals surface area contributed by atoms with Crippen LogP contribution in [-0.2, 0) is 0 Å². The van der Waals surface area contributed by atoms with Gasteiger partial charge in [-0.1, -0.05) is 13.3 Å². The van der Waals surface area contributed by atoms with E-state index in [1.165, 1.54) is 0 Å². The number of nitrogens with two attached hydrogens (primary N) is 2. The summed E-state index contributed by atoms with van der Waals surface area (Å²) in [6, 6.07) is 3.60. The minimum absolute atomic E-state index is 0.624. The lowest BCUT2D eigenvalue weighted by Gasteiger charge is -2.12. The molecular formula is C11H18N2O. The topological polar surface area (TPSA) is 61.3 Å². The fourth-order valence-corrected chi connectivity index (χ4v) is 1.35. The fraction of sp³-hybridized carbons (Fsp3) is 0.455. The van der Waals surface area contributed by atoms with Crippen molar-refractivity contribution in [2.45, 2.75) is 26.7 Å². The second kappa shape index (κ2) is 4.74.